The number of aromatic nitrogens is 3. The van der Waals surface area contributed by atoms with Crippen molar-refractivity contribution in [2.45, 2.75) is 45.7 Å². The summed E-state index contributed by atoms with van der Waals surface area (Å²) in [6, 6.07) is 10.9. The van der Waals surface area contributed by atoms with Gasteiger partial charge < -0.3 is 14.4 Å². The molecule has 0 N–H and O–H groups in total. The fraction of sp³-hybridized carbons (Fsp3) is 0.357. The topological polar surface area (TPSA) is 51.9 Å². The molecule has 2 aromatic heterocycles. The Kier molecular flexibility index (Phi) is 7.43. The van der Waals surface area contributed by atoms with Crippen molar-refractivity contribution in [2.75, 3.05) is 18.6 Å². The van der Waals surface area contributed by atoms with E-state index in [0.717, 1.165) is 71.0 Å². The summed E-state index contributed by atoms with van der Waals surface area (Å²) < 4.78 is 52.4. The summed E-state index contributed by atoms with van der Waals surface area (Å²) in [4.78, 5) is 7.17. The van der Waals surface area contributed by atoms with Crippen molar-refractivity contribution >= 4 is 35.5 Å². The molecule has 2 aliphatic rings. The fourth-order valence-corrected chi connectivity index (χ4v) is 5.32. The van der Waals surface area contributed by atoms with Crippen molar-refractivity contribution in [3.63, 3.8) is 0 Å². The molecule has 0 amide bonds. The number of aryl methyl sites for hydroxylation is 1. The van der Waals surface area contributed by atoms with Gasteiger partial charge in [-0.1, -0.05) is 23.7 Å². The molecule has 2 aromatic carbocycles. The van der Waals surface area contributed by atoms with Crippen molar-refractivity contribution in [3.05, 3.63) is 75.6 Å². The molecule has 206 valence electrons. The van der Waals surface area contributed by atoms with E-state index >= 15 is 0 Å². The van der Waals surface area contributed by atoms with Crippen LogP contribution in [0.5, 0.6) is 5.75 Å². The Labute approximate surface area is 235 Å². The van der Waals surface area contributed by atoms with Crippen LogP contribution in [0.1, 0.15) is 40.9 Å². The molecule has 1 saturated carbocycles. The minimum atomic E-state index is -4.37. The van der Waals surface area contributed by atoms with Gasteiger partial charge >= 0.3 is 6.18 Å². The lowest BCUT2D eigenvalue weighted by atomic mass is 10.1. The van der Waals surface area contributed by atoms with Gasteiger partial charge in [-0.15, -0.1) is 12.4 Å². The van der Waals surface area contributed by atoms with E-state index in [4.69, 9.17) is 31.2 Å². The summed E-state index contributed by atoms with van der Waals surface area (Å²) >= 11 is 6.66. The van der Waals surface area contributed by atoms with Crippen LogP contribution in [0.4, 0.5) is 19.0 Å². The van der Waals surface area contributed by atoms with Crippen LogP contribution < -0.4 is 9.64 Å². The number of benzene rings is 2. The van der Waals surface area contributed by atoms with Crippen LogP contribution >= 0.6 is 24.0 Å². The van der Waals surface area contributed by atoms with E-state index in [1.165, 1.54) is 0 Å². The average molecular weight is 579 g/mol. The molecule has 4 aromatic rings. The molecular formula is C28H27Cl2F3N4O2. The molecule has 0 unspecified atom stereocenters. The highest BCUT2D eigenvalue weighted by Crippen LogP contribution is 2.40. The summed E-state index contributed by atoms with van der Waals surface area (Å²) in [5.41, 5.74) is 5.01. The van der Waals surface area contributed by atoms with E-state index < -0.39 is 11.7 Å². The first kappa shape index (κ1) is 27.6. The van der Waals surface area contributed by atoms with Gasteiger partial charge in [0, 0.05) is 24.2 Å². The highest BCUT2D eigenvalue weighted by molar-refractivity contribution is 6.33. The normalized spacial score (nSPS) is 14.8. The number of nitrogens with zero attached hydrogens (tertiary/aromatic N) is 4. The molecule has 6 nitrogen and oxygen atoms in total. The second kappa shape index (κ2) is 10.5. The largest absolute Gasteiger partial charge is 0.497 e. The monoisotopic (exact) mass is 578 g/mol. The van der Waals surface area contributed by atoms with E-state index in [1.54, 1.807) is 25.3 Å². The Bertz CT molecular complexity index is 1520. The van der Waals surface area contributed by atoms with Crippen LogP contribution in [0.15, 0.2) is 42.5 Å². The molecule has 6 rings (SSSR count). The third kappa shape index (κ3) is 5.27. The van der Waals surface area contributed by atoms with E-state index in [2.05, 4.69) is 4.90 Å². The first-order valence-corrected chi connectivity index (χ1v) is 12.8. The maximum Gasteiger partial charge on any atom is 0.416 e. The third-order valence-electron chi connectivity index (χ3n) is 7.16. The lowest BCUT2D eigenvalue weighted by Gasteiger charge is -2.27. The van der Waals surface area contributed by atoms with E-state index in [9.17, 15) is 13.2 Å². The van der Waals surface area contributed by atoms with E-state index in [-0.39, 0.29) is 12.4 Å². The lowest BCUT2D eigenvalue weighted by Crippen LogP contribution is -2.29. The number of anilines is 1. The van der Waals surface area contributed by atoms with E-state index in [0.29, 0.717) is 42.1 Å². The molecule has 1 fully saturated rings. The molecule has 0 bridgehead atoms. The van der Waals surface area contributed by atoms with Gasteiger partial charge in [0.2, 0.25) is 0 Å². The summed E-state index contributed by atoms with van der Waals surface area (Å²) in [6.07, 6.45) is -2.12. The van der Waals surface area contributed by atoms with Gasteiger partial charge in [-0.3, -0.25) is 0 Å². The summed E-state index contributed by atoms with van der Waals surface area (Å²) in [7, 11) is 1.59. The summed E-state index contributed by atoms with van der Waals surface area (Å²) in [6.45, 7) is 3.93. The lowest BCUT2D eigenvalue weighted by molar-refractivity contribution is -0.137. The second-order valence-electron chi connectivity index (χ2n) is 9.91. The van der Waals surface area contributed by atoms with Crippen molar-refractivity contribution in [3.8, 4) is 16.9 Å². The Morgan fingerprint density at radius 1 is 1.13 bits per heavy atom. The molecule has 3 heterocycles. The number of hydrogen-bond acceptors (Lipinski definition) is 5. The first-order chi connectivity index (χ1) is 18.2. The van der Waals surface area contributed by atoms with Gasteiger partial charge in [0.25, 0.3) is 0 Å². The predicted molar refractivity (Wildman–Crippen MR) is 146 cm³/mol. The van der Waals surface area contributed by atoms with Crippen molar-refractivity contribution in [1.29, 1.82) is 0 Å². The molecule has 0 saturated heterocycles. The average Bonchev–Trinajstić information content (AvgIpc) is 3.47. The van der Waals surface area contributed by atoms with Gasteiger partial charge in [0.05, 0.1) is 47.9 Å². The summed E-state index contributed by atoms with van der Waals surface area (Å²) in [5.74, 6) is 2.05. The van der Waals surface area contributed by atoms with Gasteiger partial charge in [-0.05, 0) is 61.6 Å². The maximum atomic E-state index is 13.1. The number of alkyl halides is 3. The molecule has 0 spiro atoms. The zero-order chi connectivity index (χ0) is 26.6. The second-order valence-corrected chi connectivity index (χ2v) is 10.3. The molecule has 0 atom stereocenters. The van der Waals surface area contributed by atoms with Gasteiger partial charge in [0.1, 0.15) is 11.6 Å². The van der Waals surface area contributed by atoms with Crippen LogP contribution in [-0.2, 0) is 30.7 Å². The Hall–Kier alpha value is -3.01. The number of ether oxygens (including phenoxy) is 2. The minimum Gasteiger partial charge on any atom is -0.497 e. The zero-order valence-electron chi connectivity index (χ0n) is 21.4. The highest BCUT2D eigenvalue weighted by Gasteiger charge is 2.33. The zero-order valence-corrected chi connectivity index (χ0v) is 23.0. The number of methoxy groups -OCH3 is 1. The molecular weight excluding hydrogens is 552 g/mol. The molecule has 11 heteroatoms. The number of fused-ring (bicyclic) bond motifs is 2. The Morgan fingerprint density at radius 2 is 1.87 bits per heavy atom. The fourth-order valence-electron chi connectivity index (χ4n) is 5.06. The highest BCUT2D eigenvalue weighted by atomic mass is 35.5. The van der Waals surface area contributed by atoms with Crippen LogP contribution in [0.3, 0.4) is 0 Å². The smallest absolute Gasteiger partial charge is 0.416 e. The van der Waals surface area contributed by atoms with Crippen molar-refractivity contribution in [1.82, 2.24) is 14.6 Å². The van der Waals surface area contributed by atoms with Crippen LogP contribution in [-0.4, -0.2) is 28.3 Å². The molecule has 1 aliphatic carbocycles. The first-order valence-electron chi connectivity index (χ1n) is 12.5. The van der Waals surface area contributed by atoms with Gasteiger partial charge in [-0.25, -0.2) is 4.98 Å². The quantitative estimate of drug-likeness (QED) is 0.231. The Morgan fingerprint density at radius 3 is 2.51 bits per heavy atom. The number of hydrogen-bond donors (Lipinski definition) is 0. The van der Waals surface area contributed by atoms with Gasteiger partial charge in [-0.2, -0.15) is 22.8 Å². The van der Waals surface area contributed by atoms with Crippen molar-refractivity contribution < 1.29 is 22.6 Å². The number of halogens is 5. The Balaban J connectivity index is 0.00000308. The van der Waals surface area contributed by atoms with E-state index in [1.807, 2.05) is 23.6 Å². The SMILES string of the molecule is COc1ccc(-c2c(C)nn3c(N(Cc4ccc(C(F)(F)F)cc4)CC4CC4)c4c(nc23)COC4)c(Cl)c1.Cl. The predicted octanol–water partition coefficient (Wildman–Crippen LogP) is 7.25. The molecule has 1 aliphatic heterocycles. The number of rotatable bonds is 7. The van der Waals surface area contributed by atoms with Crippen LogP contribution in [0.25, 0.3) is 16.8 Å². The minimum absolute atomic E-state index is 0. The van der Waals surface area contributed by atoms with Crippen molar-refractivity contribution in [2.24, 2.45) is 5.92 Å². The summed E-state index contributed by atoms with van der Waals surface area (Å²) in [5, 5.41) is 5.44. The van der Waals surface area contributed by atoms with Crippen LogP contribution in [0.2, 0.25) is 5.02 Å². The molecule has 39 heavy (non-hydrogen) atoms. The standard InChI is InChI=1S/C28H26ClF3N4O2.ClH/c1-16-25(21-10-9-20(37-2)11-23(21)29)26-33-24-15-38-14-22(24)27(36(26)34-16)35(12-17-3-4-17)13-18-5-7-19(8-6-18)28(30,31)32;/h5-11,17H,3-4,12-15H2,1-2H3;1H. The van der Waals surface area contributed by atoms with Gasteiger partial charge in [0.15, 0.2) is 5.65 Å². The molecule has 0 radical (unpaired) electrons. The third-order valence-corrected chi connectivity index (χ3v) is 7.47. The maximum absolute atomic E-state index is 13.1. The van der Waals surface area contributed by atoms with Crippen LogP contribution in [0, 0.1) is 12.8 Å².